The molecule has 0 saturated carbocycles. The molecule has 8 nitrogen and oxygen atoms in total. The lowest BCUT2D eigenvalue weighted by Crippen LogP contribution is -2.47. The molecule has 4 rings (SSSR count). The van der Waals surface area contributed by atoms with Crippen LogP contribution in [0.5, 0.6) is 0 Å². The molecule has 1 aromatic rings. The highest BCUT2D eigenvalue weighted by Crippen LogP contribution is 2.34. The Morgan fingerprint density at radius 1 is 1.20 bits per heavy atom. The molecular weight excluding hydrogens is 519 g/mol. The standard InChI is InChI=1S/C20H30N4O4S.HI/c1-21-20(24-18-11-15-6-9-19(18)28-15)22-12-14-4-7-17(8-5-14)29(25,26)23-13-16-3-2-10-27-16;/h4-5,7-8,15-16,18-19,23H,2-3,6,9-13H2,1H3,(H2,21,22,24);1H. The molecule has 0 aromatic heterocycles. The van der Waals surface area contributed by atoms with E-state index in [9.17, 15) is 8.42 Å². The van der Waals surface area contributed by atoms with E-state index in [1.807, 2.05) is 12.1 Å². The molecule has 168 valence electrons. The van der Waals surface area contributed by atoms with Crippen LogP contribution in [-0.2, 0) is 26.0 Å². The van der Waals surface area contributed by atoms with Gasteiger partial charge in [0, 0.05) is 26.7 Å². The van der Waals surface area contributed by atoms with Gasteiger partial charge in [0.15, 0.2) is 5.96 Å². The predicted octanol–water partition coefficient (Wildman–Crippen LogP) is 1.75. The number of nitrogens with zero attached hydrogens (tertiary/aromatic N) is 1. The average Bonchev–Trinajstić information content (AvgIpc) is 3.48. The number of halogens is 1. The summed E-state index contributed by atoms with van der Waals surface area (Å²) in [6, 6.07) is 7.22. The second kappa shape index (κ2) is 10.6. The second-order valence-electron chi connectivity index (χ2n) is 7.92. The van der Waals surface area contributed by atoms with Gasteiger partial charge in [-0.3, -0.25) is 4.99 Å². The summed E-state index contributed by atoms with van der Waals surface area (Å²) in [6.45, 7) is 1.59. The fraction of sp³-hybridized carbons (Fsp3) is 0.650. The zero-order valence-electron chi connectivity index (χ0n) is 17.2. The molecule has 0 radical (unpaired) electrons. The van der Waals surface area contributed by atoms with Crippen LogP contribution < -0.4 is 15.4 Å². The number of ether oxygens (including phenoxy) is 2. The largest absolute Gasteiger partial charge is 0.377 e. The molecular formula is C20H31IN4O4S. The van der Waals surface area contributed by atoms with Gasteiger partial charge in [0.05, 0.1) is 29.2 Å². The maximum Gasteiger partial charge on any atom is 0.240 e. The van der Waals surface area contributed by atoms with E-state index in [0.717, 1.165) is 43.6 Å². The average molecular weight is 550 g/mol. The summed E-state index contributed by atoms with van der Waals surface area (Å²) in [6.07, 6.45) is 5.83. The Labute approximate surface area is 195 Å². The van der Waals surface area contributed by atoms with Crippen LogP contribution in [-0.4, -0.2) is 58.9 Å². The van der Waals surface area contributed by atoms with Gasteiger partial charge in [-0.2, -0.15) is 0 Å². The quantitative estimate of drug-likeness (QED) is 0.272. The molecule has 0 spiro atoms. The number of benzene rings is 1. The normalized spacial score (nSPS) is 28.4. The number of nitrogens with one attached hydrogen (secondary N) is 3. The van der Waals surface area contributed by atoms with Crippen LogP contribution in [0.15, 0.2) is 34.2 Å². The number of sulfonamides is 1. The molecule has 3 N–H and O–H groups in total. The van der Waals surface area contributed by atoms with Gasteiger partial charge in [-0.1, -0.05) is 12.1 Å². The first-order valence-electron chi connectivity index (χ1n) is 10.4. The van der Waals surface area contributed by atoms with Crippen molar-refractivity contribution in [1.82, 2.24) is 15.4 Å². The molecule has 0 amide bonds. The zero-order valence-corrected chi connectivity index (χ0v) is 20.3. The van der Waals surface area contributed by atoms with Gasteiger partial charge in [0.1, 0.15) is 0 Å². The van der Waals surface area contributed by atoms with Crippen molar-refractivity contribution in [3.63, 3.8) is 0 Å². The van der Waals surface area contributed by atoms with E-state index in [1.165, 1.54) is 0 Å². The van der Waals surface area contributed by atoms with Gasteiger partial charge in [0.25, 0.3) is 0 Å². The first kappa shape index (κ1) is 23.7. The molecule has 10 heteroatoms. The minimum atomic E-state index is -3.52. The Morgan fingerprint density at radius 3 is 2.60 bits per heavy atom. The Hall–Kier alpha value is -0.950. The summed E-state index contributed by atoms with van der Waals surface area (Å²) < 4.78 is 38.9. The molecule has 2 bridgehead atoms. The maximum atomic E-state index is 12.4. The maximum absolute atomic E-state index is 12.4. The van der Waals surface area contributed by atoms with Crippen LogP contribution in [0.25, 0.3) is 0 Å². The lowest BCUT2D eigenvalue weighted by atomic mass is 9.96. The topological polar surface area (TPSA) is 101 Å². The molecule has 3 fully saturated rings. The molecule has 30 heavy (non-hydrogen) atoms. The highest BCUT2D eigenvalue weighted by molar-refractivity contribution is 14.0. The Balaban J connectivity index is 0.00000256. The van der Waals surface area contributed by atoms with Crippen molar-refractivity contribution >= 4 is 40.0 Å². The molecule has 1 aromatic carbocycles. The number of aliphatic imine (C=N–C) groups is 1. The van der Waals surface area contributed by atoms with Crippen molar-refractivity contribution < 1.29 is 17.9 Å². The third-order valence-corrected chi connectivity index (χ3v) is 7.31. The molecule has 4 unspecified atom stereocenters. The van der Waals surface area contributed by atoms with E-state index in [1.54, 1.807) is 19.2 Å². The number of hydrogen-bond acceptors (Lipinski definition) is 5. The summed E-state index contributed by atoms with van der Waals surface area (Å²) in [5.74, 6) is 0.737. The molecule has 0 aliphatic carbocycles. The van der Waals surface area contributed by atoms with Crippen molar-refractivity contribution in [1.29, 1.82) is 0 Å². The SMILES string of the molecule is CN=C(NCc1ccc(S(=O)(=O)NCC2CCCO2)cc1)NC1CC2CCC1O2.I. The van der Waals surface area contributed by atoms with Crippen molar-refractivity contribution in [3.8, 4) is 0 Å². The Bertz CT molecular complexity index is 828. The van der Waals surface area contributed by atoms with Crippen LogP contribution >= 0.6 is 24.0 Å². The van der Waals surface area contributed by atoms with Crippen LogP contribution in [0.1, 0.15) is 37.7 Å². The van der Waals surface area contributed by atoms with Crippen LogP contribution in [0, 0.1) is 0 Å². The van der Waals surface area contributed by atoms with Crippen molar-refractivity contribution in [3.05, 3.63) is 29.8 Å². The molecule has 3 heterocycles. The summed E-state index contributed by atoms with van der Waals surface area (Å²) in [4.78, 5) is 4.55. The lowest BCUT2D eigenvalue weighted by molar-refractivity contribution is 0.0992. The second-order valence-corrected chi connectivity index (χ2v) is 9.68. The smallest absolute Gasteiger partial charge is 0.240 e. The highest BCUT2D eigenvalue weighted by Gasteiger charge is 2.41. The van der Waals surface area contributed by atoms with Crippen molar-refractivity contribution in [2.75, 3.05) is 20.2 Å². The lowest BCUT2D eigenvalue weighted by Gasteiger charge is -2.22. The van der Waals surface area contributed by atoms with E-state index < -0.39 is 10.0 Å². The molecule has 4 atom stereocenters. The fourth-order valence-corrected chi connectivity index (χ4v) is 5.29. The van der Waals surface area contributed by atoms with E-state index in [0.29, 0.717) is 31.8 Å². The first-order chi connectivity index (χ1) is 14.0. The zero-order chi connectivity index (χ0) is 20.3. The predicted molar refractivity (Wildman–Crippen MR) is 126 cm³/mol. The number of hydrogen-bond donors (Lipinski definition) is 3. The molecule has 3 saturated heterocycles. The number of fused-ring (bicyclic) bond motifs is 2. The summed E-state index contributed by atoms with van der Waals surface area (Å²) in [5, 5.41) is 6.74. The minimum absolute atomic E-state index is 0. The van der Waals surface area contributed by atoms with Gasteiger partial charge in [-0.25, -0.2) is 13.1 Å². The summed E-state index contributed by atoms with van der Waals surface area (Å²) in [5.41, 5.74) is 0.982. The van der Waals surface area contributed by atoms with E-state index in [4.69, 9.17) is 9.47 Å². The number of guanidine groups is 1. The Kier molecular flexibility index (Phi) is 8.36. The van der Waals surface area contributed by atoms with Crippen LogP contribution in [0.2, 0.25) is 0 Å². The third-order valence-electron chi connectivity index (χ3n) is 5.87. The van der Waals surface area contributed by atoms with Gasteiger partial charge >= 0.3 is 0 Å². The van der Waals surface area contributed by atoms with Gasteiger partial charge < -0.3 is 20.1 Å². The number of rotatable bonds is 7. The van der Waals surface area contributed by atoms with E-state index in [2.05, 4.69) is 20.3 Å². The van der Waals surface area contributed by atoms with Gasteiger partial charge in [-0.05, 0) is 49.8 Å². The van der Waals surface area contributed by atoms with Crippen molar-refractivity contribution in [2.24, 2.45) is 4.99 Å². The van der Waals surface area contributed by atoms with Gasteiger partial charge in [-0.15, -0.1) is 24.0 Å². The van der Waals surface area contributed by atoms with E-state index >= 15 is 0 Å². The van der Waals surface area contributed by atoms with E-state index in [-0.39, 0.29) is 41.1 Å². The van der Waals surface area contributed by atoms with Crippen LogP contribution in [0.4, 0.5) is 0 Å². The van der Waals surface area contributed by atoms with Gasteiger partial charge in [0.2, 0.25) is 10.0 Å². The van der Waals surface area contributed by atoms with Crippen molar-refractivity contribution in [2.45, 2.75) is 67.9 Å². The third kappa shape index (κ3) is 5.84. The first-order valence-corrected chi connectivity index (χ1v) is 11.8. The molecule has 3 aliphatic rings. The fourth-order valence-electron chi connectivity index (χ4n) is 4.22. The van der Waals surface area contributed by atoms with Crippen LogP contribution in [0.3, 0.4) is 0 Å². The summed E-state index contributed by atoms with van der Waals surface area (Å²) in [7, 11) is -1.77. The summed E-state index contributed by atoms with van der Waals surface area (Å²) >= 11 is 0. The Morgan fingerprint density at radius 2 is 2.00 bits per heavy atom. The minimum Gasteiger partial charge on any atom is -0.377 e. The molecule has 3 aliphatic heterocycles. The highest BCUT2D eigenvalue weighted by atomic mass is 127. The monoisotopic (exact) mass is 550 g/mol.